The minimum Gasteiger partial charge on any atom is -0.495 e. The summed E-state index contributed by atoms with van der Waals surface area (Å²) in [5.74, 6) is 0.516. The van der Waals surface area contributed by atoms with Gasteiger partial charge in [0.25, 0.3) is 4.82 Å². The van der Waals surface area contributed by atoms with E-state index in [9.17, 15) is 4.79 Å². The van der Waals surface area contributed by atoms with E-state index >= 15 is 0 Å². The molecular formula is C9H8BrCl2NO2. The number of amides is 1. The van der Waals surface area contributed by atoms with Crippen molar-refractivity contribution in [2.24, 2.45) is 0 Å². The molecule has 0 fully saturated rings. The molecule has 1 rings (SSSR count). The van der Waals surface area contributed by atoms with Crippen molar-refractivity contribution in [2.45, 2.75) is 6.54 Å². The molecule has 0 aromatic heterocycles. The second kappa shape index (κ2) is 5.58. The lowest BCUT2D eigenvalue weighted by Crippen LogP contribution is -2.15. The minimum absolute atomic E-state index is 0.299. The number of ether oxygens (including phenoxy) is 1. The number of methoxy groups -OCH3 is 1. The Bertz CT molecular complexity index is 385. The maximum Gasteiger partial charge on any atom is 0.287 e. The molecule has 0 bridgehead atoms. The monoisotopic (exact) mass is 311 g/mol. The third-order valence-corrected chi connectivity index (χ3v) is 2.49. The third kappa shape index (κ3) is 3.55. The van der Waals surface area contributed by atoms with Gasteiger partial charge in [-0.2, -0.15) is 0 Å². The van der Waals surface area contributed by atoms with E-state index in [0.29, 0.717) is 22.3 Å². The van der Waals surface area contributed by atoms with Gasteiger partial charge < -0.3 is 10.1 Å². The molecule has 0 atom stereocenters. The zero-order chi connectivity index (χ0) is 11.4. The lowest BCUT2D eigenvalue weighted by Gasteiger charge is -2.10. The highest BCUT2D eigenvalue weighted by atomic mass is 79.9. The molecule has 0 unspecified atom stereocenters. The van der Waals surface area contributed by atoms with Gasteiger partial charge in [0.05, 0.1) is 12.1 Å². The van der Waals surface area contributed by atoms with Crippen molar-refractivity contribution in [3.8, 4) is 5.75 Å². The average Bonchev–Trinajstić information content (AvgIpc) is 2.13. The molecule has 0 saturated heterocycles. The van der Waals surface area contributed by atoms with E-state index < -0.39 is 0 Å². The Morgan fingerprint density at radius 3 is 2.73 bits per heavy atom. The molecule has 0 aliphatic carbocycles. The predicted molar refractivity (Wildman–Crippen MR) is 64.2 cm³/mol. The summed E-state index contributed by atoms with van der Waals surface area (Å²) < 4.78 is 5.11. The van der Waals surface area contributed by atoms with Crippen LogP contribution in [0.25, 0.3) is 0 Å². The molecule has 1 aromatic carbocycles. The Kier molecular flexibility index (Phi) is 4.70. The summed E-state index contributed by atoms with van der Waals surface area (Å²) in [5, 5.41) is 3.49. The molecule has 15 heavy (non-hydrogen) atoms. The molecule has 82 valence electrons. The standard InChI is InChI=1S/C9H8BrCl2NO2/c1-15-8-5(4-13-9(10)14)2-6(11)3-7(8)12/h2-3H,4H2,1H3,(H,13,14). The van der Waals surface area contributed by atoms with E-state index in [1.807, 2.05) is 0 Å². The van der Waals surface area contributed by atoms with Crippen LogP contribution in [0.15, 0.2) is 12.1 Å². The summed E-state index contributed by atoms with van der Waals surface area (Å²) in [6, 6.07) is 3.27. The number of carbonyl (C=O) groups is 1. The topological polar surface area (TPSA) is 38.3 Å². The van der Waals surface area contributed by atoms with Gasteiger partial charge in [0.1, 0.15) is 5.75 Å². The Morgan fingerprint density at radius 2 is 2.20 bits per heavy atom. The Labute approximate surface area is 106 Å². The fraction of sp³-hybridized carbons (Fsp3) is 0.222. The molecule has 3 nitrogen and oxygen atoms in total. The van der Waals surface area contributed by atoms with Crippen LogP contribution in [-0.2, 0) is 6.54 Å². The third-order valence-electron chi connectivity index (χ3n) is 1.71. The van der Waals surface area contributed by atoms with Gasteiger partial charge in [-0.15, -0.1) is 0 Å². The maximum absolute atomic E-state index is 10.7. The quantitative estimate of drug-likeness (QED) is 0.684. The van der Waals surface area contributed by atoms with Gasteiger partial charge in [-0.25, -0.2) is 0 Å². The maximum atomic E-state index is 10.7. The molecule has 0 spiro atoms. The summed E-state index contributed by atoms with van der Waals surface area (Å²) in [6.07, 6.45) is 0. The van der Waals surface area contributed by atoms with Crippen molar-refractivity contribution in [3.05, 3.63) is 27.7 Å². The first-order chi connectivity index (χ1) is 7.04. The second-order valence-corrected chi connectivity index (χ2v) is 4.27. The number of rotatable bonds is 3. The van der Waals surface area contributed by atoms with Gasteiger partial charge >= 0.3 is 0 Å². The molecular weight excluding hydrogens is 305 g/mol. The zero-order valence-electron chi connectivity index (χ0n) is 7.81. The first-order valence-electron chi connectivity index (χ1n) is 4.00. The highest BCUT2D eigenvalue weighted by Crippen LogP contribution is 2.32. The van der Waals surface area contributed by atoms with E-state index in [4.69, 9.17) is 27.9 Å². The molecule has 1 N–H and O–H groups in total. The van der Waals surface area contributed by atoms with Crippen molar-refractivity contribution in [2.75, 3.05) is 7.11 Å². The van der Waals surface area contributed by atoms with Crippen LogP contribution in [0.1, 0.15) is 5.56 Å². The Hall–Kier alpha value is -0.450. The van der Waals surface area contributed by atoms with E-state index in [1.165, 1.54) is 7.11 Å². The van der Waals surface area contributed by atoms with Crippen LogP contribution in [-0.4, -0.2) is 11.9 Å². The van der Waals surface area contributed by atoms with Crippen molar-refractivity contribution < 1.29 is 9.53 Å². The Balaban J connectivity index is 2.98. The fourth-order valence-corrected chi connectivity index (χ4v) is 1.89. The summed E-state index contributed by atoms with van der Waals surface area (Å²) in [7, 11) is 1.51. The highest BCUT2D eigenvalue weighted by molar-refractivity contribution is 9.18. The largest absolute Gasteiger partial charge is 0.495 e. The predicted octanol–water partition coefficient (Wildman–Crippen LogP) is 3.61. The summed E-state index contributed by atoms with van der Waals surface area (Å²) in [4.78, 5) is 10.4. The first kappa shape index (κ1) is 12.6. The average molecular weight is 313 g/mol. The number of halogens is 3. The number of benzene rings is 1. The van der Waals surface area contributed by atoms with Crippen molar-refractivity contribution >= 4 is 43.9 Å². The van der Waals surface area contributed by atoms with E-state index in [-0.39, 0.29) is 4.82 Å². The van der Waals surface area contributed by atoms with Crippen molar-refractivity contribution in [1.29, 1.82) is 0 Å². The van der Waals surface area contributed by atoms with Gasteiger partial charge in [0.15, 0.2) is 0 Å². The van der Waals surface area contributed by atoms with Crippen LogP contribution < -0.4 is 10.1 Å². The van der Waals surface area contributed by atoms with Crippen LogP contribution in [0, 0.1) is 0 Å². The highest BCUT2D eigenvalue weighted by Gasteiger charge is 2.09. The lowest BCUT2D eigenvalue weighted by atomic mass is 10.2. The number of hydrogen-bond donors (Lipinski definition) is 1. The van der Waals surface area contributed by atoms with E-state index in [1.54, 1.807) is 12.1 Å². The van der Waals surface area contributed by atoms with Gasteiger partial charge in [-0.1, -0.05) is 23.2 Å². The SMILES string of the molecule is COc1c(Cl)cc(Cl)cc1CNC(=O)Br. The lowest BCUT2D eigenvalue weighted by molar-refractivity contribution is 0.261. The summed E-state index contributed by atoms with van der Waals surface area (Å²) in [6.45, 7) is 0.299. The number of hydrogen-bond acceptors (Lipinski definition) is 2. The normalized spacial score (nSPS) is 9.87. The van der Waals surface area contributed by atoms with Gasteiger partial charge in [-0.05, 0) is 12.1 Å². The van der Waals surface area contributed by atoms with Crippen LogP contribution in [0.5, 0.6) is 5.75 Å². The molecule has 0 radical (unpaired) electrons. The Morgan fingerprint density at radius 1 is 1.53 bits per heavy atom. The molecule has 0 aliphatic heterocycles. The van der Waals surface area contributed by atoms with Crippen LogP contribution >= 0.6 is 39.1 Å². The number of carbonyl (C=O) groups excluding carboxylic acids is 1. The van der Waals surface area contributed by atoms with E-state index in [2.05, 4.69) is 21.2 Å². The van der Waals surface area contributed by atoms with Crippen LogP contribution in [0.2, 0.25) is 10.0 Å². The molecule has 6 heteroatoms. The minimum atomic E-state index is -0.305. The van der Waals surface area contributed by atoms with Crippen molar-refractivity contribution in [3.63, 3.8) is 0 Å². The van der Waals surface area contributed by atoms with Gasteiger partial charge in [0.2, 0.25) is 0 Å². The number of nitrogens with one attached hydrogen (secondary N) is 1. The zero-order valence-corrected chi connectivity index (χ0v) is 10.9. The van der Waals surface area contributed by atoms with Crippen LogP contribution in [0.4, 0.5) is 4.79 Å². The molecule has 0 aliphatic rings. The molecule has 0 heterocycles. The summed E-state index contributed by atoms with van der Waals surface area (Å²) >= 11 is 14.5. The molecule has 0 saturated carbocycles. The first-order valence-corrected chi connectivity index (χ1v) is 5.54. The molecule has 1 amide bonds. The second-order valence-electron chi connectivity index (χ2n) is 2.71. The van der Waals surface area contributed by atoms with Gasteiger partial charge in [0, 0.05) is 33.1 Å². The van der Waals surface area contributed by atoms with Crippen LogP contribution in [0.3, 0.4) is 0 Å². The van der Waals surface area contributed by atoms with Gasteiger partial charge in [-0.3, -0.25) is 4.79 Å². The smallest absolute Gasteiger partial charge is 0.287 e. The fourth-order valence-electron chi connectivity index (χ4n) is 1.14. The van der Waals surface area contributed by atoms with Crippen molar-refractivity contribution in [1.82, 2.24) is 5.32 Å². The summed E-state index contributed by atoms with van der Waals surface area (Å²) in [5.41, 5.74) is 0.725. The van der Waals surface area contributed by atoms with E-state index in [0.717, 1.165) is 5.56 Å². The molecule has 1 aromatic rings.